The molecule has 1 N–H and O–H groups in total. The zero-order valence-electron chi connectivity index (χ0n) is 15.8. The molecule has 6 nitrogen and oxygen atoms in total. The Morgan fingerprint density at radius 1 is 1.07 bits per heavy atom. The summed E-state index contributed by atoms with van der Waals surface area (Å²) in [5.41, 5.74) is 1.94. The number of amides is 2. The predicted octanol–water partition coefficient (Wildman–Crippen LogP) is 1.94. The number of carbonyl (C=O) groups is 3. The van der Waals surface area contributed by atoms with E-state index in [2.05, 4.69) is 5.32 Å². The molecule has 0 radical (unpaired) electrons. The van der Waals surface area contributed by atoms with Gasteiger partial charge in [-0.2, -0.15) is 0 Å². The Morgan fingerprint density at radius 3 is 2.29 bits per heavy atom. The van der Waals surface area contributed by atoms with Crippen LogP contribution in [0.3, 0.4) is 0 Å². The molecule has 1 aliphatic rings. The number of likely N-dealkylation sites (tertiary alicyclic amines) is 1. The average molecular weight is 380 g/mol. The SMILES string of the molecule is COC(=O)[C@@H](Cc1ccccc1)NC(=O)[C@H]1CC(=O)N(Cc2ccccc2)C1. The monoisotopic (exact) mass is 380 g/mol. The van der Waals surface area contributed by atoms with Crippen LogP contribution in [-0.4, -0.2) is 42.4 Å². The molecule has 1 saturated heterocycles. The van der Waals surface area contributed by atoms with Crippen LogP contribution in [0.2, 0.25) is 0 Å². The largest absolute Gasteiger partial charge is 0.467 e. The number of ether oxygens (including phenoxy) is 1. The van der Waals surface area contributed by atoms with Gasteiger partial charge in [0.15, 0.2) is 0 Å². The second-order valence-electron chi connectivity index (χ2n) is 6.93. The first-order valence-electron chi connectivity index (χ1n) is 9.30. The van der Waals surface area contributed by atoms with Crippen molar-refractivity contribution in [1.29, 1.82) is 0 Å². The quantitative estimate of drug-likeness (QED) is 0.745. The highest BCUT2D eigenvalue weighted by molar-refractivity contribution is 5.91. The maximum Gasteiger partial charge on any atom is 0.328 e. The van der Waals surface area contributed by atoms with Crippen LogP contribution in [-0.2, 0) is 32.1 Å². The Hall–Kier alpha value is -3.15. The maximum atomic E-state index is 12.7. The van der Waals surface area contributed by atoms with Crippen molar-refractivity contribution in [3.63, 3.8) is 0 Å². The van der Waals surface area contributed by atoms with Gasteiger partial charge in [-0.15, -0.1) is 0 Å². The summed E-state index contributed by atoms with van der Waals surface area (Å²) >= 11 is 0. The fraction of sp³-hybridized carbons (Fsp3) is 0.318. The van der Waals surface area contributed by atoms with Crippen LogP contribution in [0.5, 0.6) is 0 Å². The zero-order valence-corrected chi connectivity index (χ0v) is 15.8. The van der Waals surface area contributed by atoms with Crippen molar-refractivity contribution in [2.24, 2.45) is 5.92 Å². The highest BCUT2D eigenvalue weighted by Gasteiger charge is 2.36. The molecule has 0 aromatic heterocycles. The van der Waals surface area contributed by atoms with Gasteiger partial charge in [0.2, 0.25) is 11.8 Å². The third kappa shape index (κ3) is 4.97. The lowest BCUT2D eigenvalue weighted by Crippen LogP contribution is -2.46. The minimum Gasteiger partial charge on any atom is -0.467 e. The van der Waals surface area contributed by atoms with Crippen molar-refractivity contribution in [2.45, 2.75) is 25.4 Å². The third-order valence-electron chi connectivity index (χ3n) is 4.89. The van der Waals surface area contributed by atoms with E-state index < -0.39 is 17.9 Å². The first kappa shape index (κ1) is 19.6. The van der Waals surface area contributed by atoms with Crippen molar-refractivity contribution in [3.8, 4) is 0 Å². The highest BCUT2D eigenvalue weighted by Crippen LogP contribution is 2.21. The van der Waals surface area contributed by atoms with Gasteiger partial charge in [0.1, 0.15) is 6.04 Å². The maximum absolute atomic E-state index is 12.7. The molecule has 6 heteroatoms. The van der Waals surface area contributed by atoms with Crippen LogP contribution in [0.1, 0.15) is 17.5 Å². The van der Waals surface area contributed by atoms with E-state index in [-0.39, 0.29) is 18.2 Å². The molecule has 2 aromatic carbocycles. The number of nitrogens with zero attached hydrogens (tertiary/aromatic N) is 1. The van der Waals surface area contributed by atoms with Crippen molar-refractivity contribution in [1.82, 2.24) is 10.2 Å². The minimum atomic E-state index is -0.779. The van der Waals surface area contributed by atoms with Gasteiger partial charge in [-0.3, -0.25) is 9.59 Å². The molecule has 1 fully saturated rings. The van der Waals surface area contributed by atoms with Gasteiger partial charge in [-0.1, -0.05) is 60.7 Å². The van der Waals surface area contributed by atoms with E-state index in [0.717, 1.165) is 11.1 Å². The summed E-state index contributed by atoms with van der Waals surface area (Å²) in [5, 5.41) is 2.77. The summed E-state index contributed by atoms with van der Waals surface area (Å²) in [6.45, 7) is 0.826. The molecule has 0 spiro atoms. The zero-order chi connectivity index (χ0) is 19.9. The van der Waals surface area contributed by atoms with Crippen LogP contribution in [0.25, 0.3) is 0 Å². The lowest BCUT2D eigenvalue weighted by atomic mass is 10.0. The fourth-order valence-corrected chi connectivity index (χ4v) is 3.38. The number of hydrogen-bond acceptors (Lipinski definition) is 4. The number of nitrogens with one attached hydrogen (secondary N) is 1. The van der Waals surface area contributed by atoms with Gasteiger partial charge < -0.3 is 15.0 Å². The van der Waals surface area contributed by atoms with Crippen LogP contribution in [0, 0.1) is 5.92 Å². The number of benzene rings is 2. The molecule has 2 atom stereocenters. The van der Waals surface area contributed by atoms with Gasteiger partial charge in [-0.25, -0.2) is 4.79 Å². The second kappa shape index (κ2) is 9.17. The van der Waals surface area contributed by atoms with Crippen molar-refractivity contribution < 1.29 is 19.1 Å². The van der Waals surface area contributed by atoms with Gasteiger partial charge >= 0.3 is 5.97 Å². The lowest BCUT2D eigenvalue weighted by Gasteiger charge is -2.20. The van der Waals surface area contributed by atoms with E-state index in [4.69, 9.17) is 4.74 Å². The predicted molar refractivity (Wildman–Crippen MR) is 104 cm³/mol. The van der Waals surface area contributed by atoms with Crippen LogP contribution in [0.15, 0.2) is 60.7 Å². The Balaban J connectivity index is 1.62. The molecular formula is C22H24N2O4. The van der Waals surface area contributed by atoms with E-state index in [1.54, 1.807) is 4.90 Å². The van der Waals surface area contributed by atoms with E-state index in [1.165, 1.54) is 7.11 Å². The summed E-state index contributed by atoms with van der Waals surface area (Å²) in [6.07, 6.45) is 0.492. The van der Waals surface area contributed by atoms with E-state index >= 15 is 0 Å². The third-order valence-corrected chi connectivity index (χ3v) is 4.89. The Bertz CT molecular complexity index is 823. The smallest absolute Gasteiger partial charge is 0.328 e. The normalized spacial score (nSPS) is 17.2. The molecule has 146 valence electrons. The highest BCUT2D eigenvalue weighted by atomic mass is 16.5. The molecule has 2 aromatic rings. The Labute approximate surface area is 164 Å². The Morgan fingerprint density at radius 2 is 1.68 bits per heavy atom. The van der Waals surface area contributed by atoms with Crippen LogP contribution >= 0.6 is 0 Å². The minimum absolute atomic E-state index is 0.0540. The number of rotatable bonds is 7. The number of hydrogen-bond donors (Lipinski definition) is 1. The number of methoxy groups -OCH3 is 1. The molecule has 2 amide bonds. The summed E-state index contributed by atoms with van der Waals surface area (Å²) in [5.74, 6) is -1.32. The molecule has 28 heavy (non-hydrogen) atoms. The number of carbonyl (C=O) groups excluding carboxylic acids is 3. The second-order valence-corrected chi connectivity index (χ2v) is 6.93. The van der Waals surface area contributed by atoms with Gasteiger partial charge in [0, 0.05) is 25.9 Å². The number of esters is 1. The molecule has 1 aliphatic heterocycles. The van der Waals surface area contributed by atoms with Crippen molar-refractivity contribution in [2.75, 3.05) is 13.7 Å². The van der Waals surface area contributed by atoms with E-state index in [0.29, 0.717) is 19.5 Å². The summed E-state index contributed by atoms with van der Waals surface area (Å²) in [4.78, 5) is 38.8. The van der Waals surface area contributed by atoms with Crippen LogP contribution in [0.4, 0.5) is 0 Å². The van der Waals surface area contributed by atoms with Crippen molar-refractivity contribution in [3.05, 3.63) is 71.8 Å². The lowest BCUT2D eigenvalue weighted by molar-refractivity contribution is -0.145. The molecular weight excluding hydrogens is 356 g/mol. The molecule has 0 saturated carbocycles. The molecule has 0 aliphatic carbocycles. The molecule has 3 rings (SSSR count). The van der Waals surface area contributed by atoms with Crippen molar-refractivity contribution >= 4 is 17.8 Å². The molecule has 0 unspecified atom stereocenters. The Kier molecular flexibility index (Phi) is 6.42. The van der Waals surface area contributed by atoms with Crippen LogP contribution < -0.4 is 5.32 Å². The van der Waals surface area contributed by atoms with Gasteiger partial charge in [0.05, 0.1) is 13.0 Å². The van der Waals surface area contributed by atoms with Gasteiger partial charge in [-0.05, 0) is 11.1 Å². The van der Waals surface area contributed by atoms with E-state index in [1.807, 2.05) is 60.7 Å². The van der Waals surface area contributed by atoms with Gasteiger partial charge in [0.25, 0.3) is 0 Å². The summed E-state index contributed by atoms with van der Waals surface area (Å²) in [7, 11) is 1.30. The first-order valence-corrected chi connectivity index (χ1v) is 9.30. The fourth-order valence-electron chi connectivity index (χ4n) is 3.38. The summed E-state index contributed by atoms with van der Waals surface area (Å²) < 4.78 is 4.84. The van der Waals surface area contributed by atoms with E-state index in [9.17, 15) is 14.4 Å². The topological polar surface area (TPSA) is 75.7 Å². The molecule has 0 bridgehead atoms. The molecule has 1 heterocycles. The first-order chi connectivity index (χ1) is 13.6. The summed E-state index contributed by atoms with van der Waals surface area (Å²) in [6, 6.07) is 18.3. The standard InChI is InChI=1S/C22H24N2O4/c1-28-22(27)19(12-16-8-4-2-5-9-16)23-21(26)18-13-20(25)24(15-18)14-17-10-6-3-7-11-17/h2-11,18-19H,12-15H2,1H3,(H,23,26)/t18-,19+/m0/s1. The average Bonchev–Trinajstić information content (AvgIpc) is 3.09.